The van der Waals surface area contributed by atoms with Crippen molar-refractivity contribution in [2.75, 3.05) is 5.32 Å². The predicted molar refractivity (Wildman–Crippen MR) is 109 cm³/mol. The van der Waals surface area contributed by atoms with Gasteiger partial charge in [-0.15, -0.1) is 0 Å². The van der Waals surface area contributed by atoms with Gasteiger partial charge in [0, 0.05) is 11.6 Å². The molecule has 0 unspecified atom stereocenters. The average Bonchev–Trinajstić information content (AvgIpc) is 3.18. The average molecular weight is 383 g/mol. The topological polar surface area (TPSA) is 68.0 Å². The van der Waals surface area contributed by atoms with Gasteiger partial charge in [0.1, 0.15) is 11.3 Å². The highest BCUT2D eigenvalue weighted by Crippen LogP contribution is 2.30. The van der Waals surface area contributed by atoms with E-state index in [2.05, 4.69) is 15.3 Å². The molecule has 5 aromatic rings. The Morgan fingerprint density at radius 3 is 2.66 bits per heavy atom. The minimum absolute atomic E-state index is 0.132. The van der Waals surface area contributed by atoms with Crippen LogP contribution >= 0.6 is 0 Å². The van der Waals surface area contributed by atoms with E-state index in [1.165, 1.54) is 12.1 Å². The normalized spacial score (nSPS) is 11.1. The first kappa shape index (κ1) is 17.1. The molecular formula is C23H14FN3O2. The van der Waals surface area contributed by atoms with E-state index in [0.29, 0.717) is 22.3 Å². The number of hydrogen-bond donors (Lipinski definition) is 1. The van der Waals surface area contributed by atoms with Crippen LogP contribution in [0.1, 0.15) is 10.4 Å². The molecule has 0 aliphatic carbocycles. The Bertz CT molecular complexity index is 1340. The lowest BCUT2D eigenvalue weighted by Gasteiger charge is -2.11. The summed E-state index contributed by atoms with van der Waals surface area (Å²) in [4.78, 5) is 21.8. The van der Waals surface area contributed by atoms with Crippen molar-refractivity contribution in [1.29, 1.82) is 0 Å². The number of fused-ring (bicyclic) bond motifs is 2. The Morgan fingerprint density at radius 1 is 0.931 bits per heavy atom. The highest BCUT2D eigenvalue weighted by atomic mass is 19.1. The predicted octanol–water partition coefficient (Wildman–Crippen LogP) is 5.43. The van der Waals surface area contributed by atoms with Crippen molar-refractivity contribution in [3.8, 4) is 11.5 Å². The molecule has 0 radical (unpaired) electrons. The first-order valence-electron chi connectivity index (χ1n) is 9.00. The van der Waals surface area contributed by atoms with Crippen LogP contribution in [0, 0.1) is 5.82 Å². The van der Waals surface area contributed by atoms with E-state index in [0.717, 1.165) is 5.39 Å². The number of oxazole rings is 1. The number of nitrogens with zero attached hydrogens (tertiary/aromatic N) is 2. The molecule has 0 spiro atoms. The van der Waals surface area contributed by atoms with Crippen molar-refractivity contribution in [3.05, 3.63) is 90.4 Å². The molecule has 0 aliphatic heterocycles. The number of anilines is 1. The Kier molecular flexibility index (Phi) is 4.02. The van der Waals surface area contributed by atoms with Crippen LogP contribution in [0.5, 0.6) is 0 Å². The zero-order valence-corrected chi connectivity index (χ0v) is 15.1. The van der Waals surface area contributed by atoms with Crippen molar-refractivity contribution >= 4 is 33.6 Å². The lowest BCUT2D eigenvalue weighted by atomic mass is 10.1. The smallest absolute Gasteiger partial charge is 0.259 e. The van der Waals surface area contributed by atoms with Crippen molar-refractivity contribution in [2.45, 2.75) is 0 Å². The molecule has 0 atom stereocenters. The molecule has 0 fully saturated rings. The number of rotatable bonds is 3. The third-order valence-corrected chi connectivity index (χ3v) is 4.65. The molecule has 1 amide bonds. The van der Waals surface area contributed by atoms with Crippen molar-refractivity contribution < 1.29 is 13.6 Å². The summed E-state index contributed by atoms with van der Waals surface area (Å²) in [5, 5.41) is 3.65. The van der Waals surface area contributed by atoms with Gasteiger partial charge < -0.3 is 9.73 Å². The van der Waals surface area contributed by atoms with Crippen LogP contribution in [0.15, 0.2) is 83.4 Å². The van der Waals surface area contributed by atoms with E-state index >= 15 is 0 Å². The van der Waals surface area contributed by atoms with Crippen LogP contribution < -0.4 is 5.32 Å². The lowest BCUT2D eigenvalue weighted by Crippen LogP contribution is -2.15. The number of amides is 1. The minimum Gasteiger partial charge on any atom is -0.436 e. The summed E-state index contributed by atoms with van der Waals surface area (Å²) in [5.74, 6) is -1.07. The van der Waals surface area contributed by atoms with Gasteiger partial charge in [-0.2, -0.15) is 0 Å². The zero-order valence-electron chi connectivity index (χ0n) is 15.1. The highest BCUT2D eigenvalue weighted by molar-refractivity contribution is 6.11. The highest BCUT2D eigenvalue weighted by Gasteiger charge is 2.22. The van der Waals surface area contributed by atoms with Gasteiger partial charge in [-0.05, 0) is 36.4 Å². The van der Waals surface area contributed by atoms with E-state index in [9.17, 15) is 9.18 Å². The first-order chi connectivity index (χ1) is 14.2. The maximum atomic E-state index is 14.7. The van der Waals surface area contributed by atoms with E-state index < -0.39 is 11.7 Å². The standard InChI is InChI=1S/C23H14FN3O2/c24-16-9-4-8-15(23-27-17-10-1-2-12-19(17)29-23)20(16)22(28)26-18-11-3-6-14-7-5-13-25-21(14)18/h1-13H,(H,26,28). The monoisotopic (exact) mass is 383 g/mol. The largest absolute Gasteiger partial charge is 0.436 e. The van der Waals surface area contributed by atoms with Crippen molar-refractivity contribution in [2.24, 2.45) is 0 Å². The molecule has 5 nitrogen and oxygen atoms in total. The summed E-state index contributed by atoms with van der Waals surface area (Å²) < 4.78 is 20.5. The third kappa shape index (κ3) is 3.00. The van der Waals surface area contributed by atoms with Gasteiger partial charge in [-0.3, -0.25) is 9.78 Å². The number of benzene rings is 3. The molecule has 29 heavy (non-hydrogen) atoms. The first-order valence-corrected chi connectivity index (χ1v) is 9.00. The maximum Gasteiger partial charge on any atom is 0.259 e. The minimum atomic E-state index is -0.657. The Hall–Kier alpha value is -4.06. The van der Waals surface area contributed by atoms with Gasteiger partial charge in [0.25, 0.3) is 5.91 Å². The number of carbonyl (C=O) groups is 1. The van der Waals surface area contributed by atoms with Crippen LogP contribution in [-0.4, -0.2) is 15.9 Å². The van der Waals surface area contributed by atoms with Gasteiger partial charge in [0.15, 0.2) is 5.58 Å². The summed E-state index contributed by atoms with van der Waals surface area (Å²) in [7, 11) is 0. The number of hydrogen-bond acceptors (Lipinski definition) is 4. The maximum absolute atomic E-state index is 14.7. The number of pyridine rings is 1. The van der Waals surface area contributed by atoms with Gasteiger partial charge in [-0.1, -0.05) is 36.4 Å². The van der Waals surface area contributed by atoms with Crippen LogP contribution in [-0.2, 0) is 0 Å². The van der Waals surface area contributed by atoms with Crippen LogP contribution in [0.4, 0.5) is 10.1 Å². The van der Waals surface area contributed by atoms with E-state index in [4.69, 9.17) is 4.42 Å². The molecule has 6 heteroatoms. The zero-order chi connectivity index (χ0) is 19.8. The number of carbonyl (C=O) groups excluding carboxylic acids is 1. The fourth-order valence-corrected chi connectivity index (χ4v) is 3.31. The summed E-state index contributed by atoms with van der Waals surface area (Å²) >= 11 is 0. The van der Waals surface area contributed by atoms with Gasteiger partial charge in [-0.25, -0.2) is 9.37 Å². The molecule has 2 aromatic heterocycles. The van der Waals surface area contributed by atoms with Crippen LogP contribution in [0.3, 0.4) is 0 Å². The lowest BCUT2D eigenvalue weighted by molar-refractivity contribution is 0.102. The number of aromatic nitrogens is 2. The Labute approximate surface area is 164 Å². The summed E-state index contributed by atoms with van der Waals surface area (Å²) in [6.07, 6.45) is 1.64. The number of halogens is 1. The fraction of sp³-hybridized carbons (Fsp3) is 0. The third-order valence-electron chi connectivity index (χ3n) is 4.65. The van der Waals surface area contributed by atoms with Gasteiger partial charge in [0.05, 0.1) is 22.3 Å². The second-order valence-electron chi connectivity index (χ2n) is 6.48. The molecule has 1 N–H and O–H groups in total. The molecule has 2 heterocycles. The quantitative estimate of drug-likeness (QED) is 0.451. The van der Waals surface area contributed by atoms with E-state index in [1.807, 2.05) is 36.4 Å². The SMILES string of the molecule is O=C(Nc1cccc2cccnc12)c1c(F)cccc1-c1nc2ccccc2o1. The number of para-hydroxylation sites is 3. The summed E-state index contributed by atoms with van der Waals surface area (Å²) in [5.41, 5.74) is 2.48. The van der Waals surface area contributed by atoms with Crippen molar-refractivity contribution in [1.82, 2.24) is 9.97 Å². The second kappa shape index (κ2) is 6.83. The van der Waals surface area contributed by atoms with Crippen LogP contribution in [0.2, 0.25) is 0 Å². The molecule has 0 saturated carbocycles. The molecule has 0 saturated heterocycles. The van der Waals surface area contributed by atoms with Crippen molar-refractivity contribution in [3.63, 3.8) is 0 Å². The molecule has 0 aliphatic rings. The summed E-state index contributed by atoms with van der Waals surface area (Å²) in [6, 6.07) is 20.7. The van der Waals surface area contributed by atoms with Crippen LogP contribution in [0.25, 0.3) is 33.5 Å². The molecule has 140 valence electrons. The Morgan fingerprint density at radius 2 is 1.76 bits per heavy atom. The second-order valence-corrected chi connectivity index (χ2v) is 6.48. The number of nitrogens with one attached hydrogen (secondary N) is 1. The summed E-state index contributed by atoms with van der Waals surface area (Å²) in [6.45, 7) is 0. The molecule has 3 aromatic carbocycles. The van der Waals surface area contributed by atoms with E-state index in [1.54, 1.807) is 30.5 Å². The fourth-order valence-electron chi connectivity index (χ4n) is 3.31. The molecule has 0 bridgehead atoms. The van der Waals surface area contributed by atoms with Gasteiger partial charge >= 0.3 is 0 Å². The van der Waals surface area contributed by atoms with E-state index in [-0.39, 0.29) is 17.0 Å². The Balaban J connectivity index is 1.59. The molecular weight excluding hydrogens is 369 g/mol. The van der Waals surface area contributed by atoms with Gasteiger partial charge in [0.2, 0.25) is 5.89 Å². The molecule has 5 rings (SSSR count).